The number of hydrogen-bond donors (Lipinski definition) is 0. The molecule has 0 spiro atoms. The Hall–Kier alpha value is -1.07. The Kier molecular flexibility index (Phi) is 4.12. The second-order valence-electron chi connectivity index (χ2n) is 4.52. The molecule has 0 saturated carbocycles. The number of rotatable bonds is 2. The minimum Gasteiger partial charge on any atom is -0.488 e. The molecule has 0 aliphatic carbocycles. The topological polar surface area (TPSA) is 18.5 Å². The summed E-state index contributed by atoms with van der Waals surface area (Å²) >= 11 is 12.1. The fourth-order valence-electron chi connectivity index (χ4n) is 1.73. The molecule has 0 fully saturated rings. The first-order valence-electron chi connectivity index (χ1n) is 5.80. The molecular weight excluding hydrogens is 316 g/mol. The summed E-state index contributed by atoms with van der Waals surface area (Å²) in [6.07, 6.45) is -4.48. The maximum atomic E-state index is 12.6. The maximum Gasteiger partial charge on any atom is 0.429 e. The van der Waals surface area contributed by atoms with Crippen LogP contribution in [0.15, 0.2) is 12.1 Å². The van der Waals surface area contributed by atoms with E-state index in [4.69, 9.17) is 32.7 Å². The van der Waals surface area contributed by atoms with E-state index in [1.165, 1.54) is 12.1 Å². The third-order valence-electron chi connectivity index (χ3n) is 2.54. The predicted molar refractivity (Wildman–Crippen MR) is 71.7 cm³/mol. The van der Waals surface area contributed by atoms with Crippen LogP contribution >= 0.6 is 23.2 Å². The molecule has 0 amide bonds. The molecular formula is C13H11Cl2F3O2. The zero-order valence-corrected chi connectivity index (χ0v) is 12.1. The van der Waals surface area contributed by atoms with Crippen LogP contribution in [0.1, 0.15) is 19.4 Å². The molecule has 1 aromatic carbocycles. The quantitative estimate of drug-likeness (QED) is 0.751. The SMILES string of the molecule is CC(C)Oc1c(Cl)cc2c(c1Cl)C=CC(C(F)(F)F)O2. The molecule has 1 aliphatic heterocycles. The molecule has 0 aromatic heterocycles. The number of alkyl halides is 3. The van der Waals surface area contributed by atoms with Crippen molar-refractivity contribution in [2.45, 2.75) is 32.2 Å². The largest absolute Gasteiger partial charge is 0.488 e. The van der Waals surface area contributed by atoms with Crippen molar-refractivity contribution in [1.82, 2.24) is 0 Å². The molecule has 2 nitrogen and oxygen atoms in total. The van der Waals surface area contributed by atoms with Crippen LogP contribution in [-0.4, -0.2) is 18.4 Å². The minimum atomic E-state index is -4.49. The zero-order valence-electron chi connectivity index (χ0n) is 10.6. The Labute approximate surface area is 124 Å². The summed E-state index contributed by atoms with van der Waals surface area (Å²) in [4.78, 5) is 0. The van der Waals surface area contributed by atoms with E-state index >= 15 is 0 Å². The van der Waals surface area contributed by atoms with Gasteiger partial charge in [-0.1, -0.05) is 23.2 Å². The van der Waals surface area contributed by atoms with E-state index in [0.717, 1.165) is 6.08 Å². The van der Waals surface area contributed by atoms with Crippen molar-refractivity contribution >= 4 is 29.3 Å². The van der Waals surface area contributed by atoms with Crippen molar-refractivity contribution in [1.29, 1.82) is 0 Å². The summed E-state index contributed by atoms with van der Waals surface area (Å²) in [6, 6.07) is 1.28. The second kappa shape index (κ2) is 5.37. The van der Waals surface area contributed by atoms with E-state index in [0.29, 0.717) is 5.56 Å². The molecule has 1 heterocycles. The lowest BCUT2D eigenvalue weighted by molar-refractivity contribution is -0.180. The van der Waals surface area contributed by atoms with Crippen molar-refractivity contribution in [2.75, 3.05) is 0 Å². The summed E-state index contributed by atoms with van der Waals surface area (Å²) in [5, 5.41) is 0.247. The van der Waals surface area contributed by atoms with Gasteiger partial charge in [0.1, 0.15) is 5.75 Å². The molecule has 0 N–H and O–H groups in total. The number of halogens is 5. The van der Waals surface area contributed by atoms with Crippen LogP contribution in [0, 0.1) is 0 Å². The Morgan fingerprint density at radius 2 is 1.95 bits per heavy atom. The average Bonchev–Trinajstić information content (AvgIpc) is 2.32. The number of benzene rings is 1. The van der Waals surface area contributed by atoms with Gasteiger partial charge in [-0.05, 0) is 26.0 Å². The molecule has 0 saturated heterocycles. The normalized spacial score (nSPS) is 17.9. The highest BCUT2D eigenvalue weighted by atomic mass is 35.5. The lowest BCUT2D eigenvalue weighted by Crippen LogP contribution is -2.33. The monoisotopic (exact) mass is 326 g/mol. The van der Waals surface area contributed by atoms with Crippen molar-refractivity contribution in [3.8, 4) is 11.5 Å². The standard InChI is InChI=1S/C13H11Cl2F3O2/c1-6(2)19-12-8(14)5-9-7(11(12)15)3-4-10(20-9)13(16,17)18/h3-6,10H,1-2H3. The van der Waals surface area contributed by atoms with Crippen LogP contribution in [0.4, 0.5) is 13.2 Å². The van der Waals surface area contributed by atoms with Crippen LogP contribution in [0.5, 0.6) is 11.5 Å². The summed E-state index contributed by atoms with van der Waals surface area (Å²) < 4.78 is 48.2. The van der Waals surface area contributed by atoms with Gasteiger partial charge < -0.3 is 9.47 Å². The van der Waals surface area contributed by atoms with Gasteiger partial charge in [0.15, 0.2) is 5.75 Å². The van der Waals surface area contributed by atoms with Crippen LogP contribution in [0.3, 0.4) is 0 Å². The lowest BCUT2D eigenvalue weighted by Gasteiger charge is -2.25. The van der Waals surface area contributed by atoms with Gasteiger partial charge in [0.05, 0.1) is 16.1 Å². The third kappa shape index (κ3) is 2.99. The van der Waals surface area contributed by atoms with Gasteiger partial charge in [-0.2, -0.15) is 13.2 Å². The van der Waals surface area contributed by atoms with E-state index < -0.39 is 12.3 Å². The number of hydrogen-bond acceptors (Lipinski definition) is 2. The van der Waals surface area contributed by atoms with Gasteiger partial charge in [-0.3, -0.25) is 0 Å². The number of fused-ring (bicyclic) bond motifs is 1. The van der Waals surface area contributed by atoms with Crippen molar-refractivity contribution < 1.29 is 22.6 Å². The second-order valence-corrected chi connectivity index (χ2v) is 5.30. The highest BCUT2D eigenvalue weighted by Gasteiger charge is 2.42. The Bertz CT molecular complexity index is 554. The highest BCUT2D eigenvalue weighted by Crippen LogP contribution is 2.45. The van der Waals surface area contributed by atoms with Crippen molar-refractivity contribution in [3.63, 3.8) is 0 Å². The van der Waals surface area contributed by atoms with Gasteiger partial charge in [0, 0.05) is 11.6 Å². The fraction of sp³-hybridized carbons (Fsp3) is 0.385. The highest BCUT2D eigenvalue weighted by molar-refractivity contribution is 6.38. The first-order chi connectivity index (χ1) is 9.20. The molecule has 1 aromatic rings. The molecule has 0 radical (unpaired) electrons. The first kappa shape index (κ1) is 15.3. The van der Waals surface area contributed by atoms with Crippen LogP contribution in [-0.2, 0) is 0 Å². The molecule has 110 valence electrons. The van der Waals surface area contributed by atoms with Crippen LogP contribution in [0.2, 0.25) is 10.0 Å². The van der Waals surface area contributed by atoms with E-state index in [1.54, 1.807) is 13.8 Å². The number of ether oxygens (including phenoxy) is 2. The Morgan fingerprint density at radius 3 is 2.50 bits per heavy atom. The third-order valence-corrected chi connectivity index (χ3v) is 3.20. The summed E-state index contributed by atoms with van der Waals surface area (Å²) in [7, 11) is 0. The smallest absolute Gasteiger partial charge is 0.429 e. The van der Waals surface area contributed by atoms with Crippen molar-refractivity contribution in [3.05, 3.63) is 27.8 Å². The van der Waals surface area contributed by atoms with Gasteiger partial charge in [0.25, 0.3) is 0 Å². The van der Waals surface area contributed by atoms with Gasteiger partial charge in [0.2, 0.25) is 6.10 Å². The maximum absolute atomic E-state index is 12.6. The van der Waals surface area contributed by atoms with E-state index in [-0.39, 0.29) is 27.6 Å². The molecule has 20 heavy (non-hydrogen) atoms. The average molecular weight is 327 g/mol. The molecule has 0 bridgehead atoms. The molecule has 1 aliphatic rings. The molecule has 7 heteroatoms. The van der Waals surface area contributed by atoms with E-state index in [2.05, 4.69) is 0 Å². The summed E-state index contributed by atoms with van der Waals surface area (Å²) in [6.45, 7) is 3.58. The molecule has 1 atom stereocenters. The molecule has 2 rings (SSSR count). The molecule has 1 unspecified atom stereocenters. The Balaban J connectivity index is 2.43. The van der Waals surface area contributed by atoms with Gasteiger partial charge in [-0.15, -0.1) is 0 Å². The Morgan fingerprint density at radius 1 is 1.30 bits per heavy atom. The van der Waals surface area contributed by atoms with Gasteiger partial charge >= 0.3 is 6.18 Å². The van der Waals surface area contributed by atoms with Crippen LogP contribution in [0.25, 0.3) is 6.08 Å². The minimum absolute atomic E-state index is 0.0130. The zero-order chi connectivity index (χ0) is 15.1. The first-order valence-corrected chi connectivity index (χ1v) is 6.56. The predicted octanol–water partition coefficient (Wildman–Crippen LogP) is 5.12. The summed E-state index contributed by atoms with van der Waals surface area (Å²) in [5.74, 6) is 0.224. The van der Waals surface area contributed by atoms with E-state index in [9.17, 15) is 13.2 Å². The fourth-order valence-corrected chi connectivity index (χ4v) is 2.31. The van der Waals surface area contributed by atoms with Crippen molar-refractivity contribution in [2.24, 2.45) is 0 Å². The summed E-state index contributed by atoms with van der Waals surface area (Å²) in [5.41, 5.74) is 0.326. The van der Waals surface area contributed by atoms with Crippen LogP contribution < -0.4 is 9.47 Å². The lowest BCUT2D eigenvalue weighted by atomic mass is 10.1. The van der Waals surface area contributed by atoms with Gasteiger partial charge in [-0.25, -0.2) is 0 Å². The van der Waals surface area contributed by atoms with E-state index in [1.807, 2.05) is 0 Å².